The fourth-order valence-electron chi connectivity index (χ4n) is 2.13. The van der Waals surface area contributed by atoms with E-state index in [9.17, 15) is 8.78 Å². The molecular weight excluding hydrogens is 312 g/mol. The van der Waals surface area contributed by atoms with Gasteiger partial charge in [0.05, 0.1) is 6.20 Å². The van der Waals surface area contributed by atoms with Gasteiger partial charge in [0.25, 0.3) is 0 Å². The van der Waals surface area contributed by atoms with Crippen LogP contribution in [0.25, 0.3) is 0 Å². The zero-order valence-corrected chi connectivity index (χ0v) is 13.1. The van der Waals surface area contributed by atoms with E-state index in [0.717, 1.165) is 28.9 Å². The molecule has 2 aromatic carbocycles. The summed E-state index contributed by atoms with van der Waals surface area (Å²) >= 11 is 0. The van der Waals surface area contributed by atoms with Gasteiger partial charge < -0.3 is 10.6 Å². The van der Waals surface area contributed by atoms with E-state index in [4.69, 9.17) is 0 Å². The van der Waals surface area contributed by atoms with Crippen molar-refractivity contribution in [2.45, 2.75) is 13.8 Å². The van der Waals surface area contributed by atoms with Crippen LogP contribution in [-0.4, -0.2) is 15.2 Å². The van der Waals surface area contributed by atoms with Gasteiger partial charge in [0.2, 0.25) is 5.95 Å². The molecule has 5 nitrogen and oxygen atoms in total. The summed E-state index contributed by atoms with van der Waals surface area (Å²) < 4.78 is 26.2. The van der Waals surface area contributed by atoms with Crippen LogP contribution in [0.1, 0.15) is 11.1 Å². The second-order valence-corrected chi connectivity index (χ2v) is 5.36. The first-order valence-corrected chi connectivity index (χ1v) is 7.27. The van der Waals surface area contributed by atoms with Gasteiger partial charge in [0.1, 0.15) is 0 Å². The molecule has 0 fully saturated rings. The minimum Gasteiger partial charge on any atom is -0.339 e. The summed E-state index contributed by atoms with van der Waals surface area (Å²) in [5.41, 5.74) is 3.42. The predicted molar refractivity (Wildman–Crippen MR) is 88.7 cm³/mol. The molecule has 0 radical (unpaired) electrons. The van der Waals surface area contributed by atoms with Gasteiger partial charge in [-0.1, -0.05) is 12.1 Å². The number of nitrogens with one attached hydrogen (secondary N) is 2. The Morgan fingerprint density at radius 1 is 0.917 bits per heavy atom. The summed E-state index contributed by atoms with van der Waals surface area (Å²) in [4.78, 5) is 4.27. The van der Waals surface area contributed by atoms with Gasteiger partial charge in [-0.2, -0.15) is 10.1 Å². The number of benzene rings is 2. The van der Waals surface area contributed by atoms with Crippen LogP contribution in [0, 0.1) is 25.5 Å². The number of rotatable bonds is 4. The number of hydrogen-bond donors (Lipinski definition) is 2. The Kier molecular flexibility index (Phi) is 4.33. The molecule has 24 heavy (non-hydrogen) atoms. The van der Waals surface area contributed by atoms with Crippen molar-refractivity contribution in [1.29, 1.82) is 0 Å². The quantitative estimate of drug-likeness (QED) is 0.750. The molecule has 0 spiro atoms. The van der Waals surface area contributed by atoms with Crippen molar-refractivity contribution in [3.8, 4) is 0 Å². The third-order valence-corrected chi connectivity index (χ3v) is 3.39. The monoisotopic (exact) mass is 327 g/mol. The fourth-order valence-corrected chi connectivity index (χ4v) is 2.13. The second-order valence-electron chi connectivity index (χ2n) is 5.36. The van der Waals surface area contributed by atoms with Crippen LogP contribution < -0.4 is 10.6 Å². The third kappa shape index (κ3) is 3.62. The molecule has 1 aromatic heterocycles. The molecule has 2 N–H and O–H groups in total. The van der Waals surface area contributed by atoms with Crippen LogP contribution in [0.5, 0.6) is 0 Å². The first-order valence-electron chi connectivity index (χ1n) is 7.27. The van der Waals surface area contributed by atoms with Crippen LogP contribution in [0.4, 0.5) is 31.9 Å². The van der Waals surface area contributed by atoms with Crippen molar-refractivity contribution >= 4 is 23.1 Å². The Hall–Kier alpha value is -3.09. The number of aromatic nitrogens is 3. The smallest absolute Gasteiger partial charge is 0.249 e. The molecule has 1 heterocycles. The Balaban J connectivity index is 1.81. The number of anilines is 4. The van der Waals surface area contributed by atoms with E-state index in [1.165, 1.54) is 12.3 Å². The van der Waals surface area contributed by atoms with E-state index >= 15 is 0 Å². The maximum absolute atomic E-state index is 13.2. The van der Waals surface area contributed by atoms with Crippen LogP contribution >= 0.6 is 0 Å². The molecule has 0 bridgehead atoms. The fraction of sp³-hybridized carbons (Fsp3) is 0.118. The highest BCUT2D eigenvalue weighted by atomic mass is 19.2. The zero-order chi connectivity index (χ0) is 17.1. The Morgan fingerprint density at radius 3 is 2.54 bits per heavy atom. The average molecular weight is 327 g/mol. The van der Waals surface area contributed by atoms with E-state index in [-0.39, 0.29) is 5.95 Å². The molecule has 0 aliphatic rings. The second kappa shape index (κ2) is 6.57. The molecule has 3 aromatic rings. The van der Waals surface area contributed by atoms with E-state index in [1.807, 2.05) is 32.0 Å². The minimum absolute atomic E-state index is 0.177. The van der Waals surface area contributed by atoms with Gasteiger partial charge in [-0.05, 0) is 43.2 Å². The Bertz CT molecular complexity index is 883. The van der Waals surface area contributed by atoms with E-state index in [1.54, 1.807) is 0 Å². The van der Waals surface area contributed by atoms with Crippen molar-refractivity contribution in [3.05, 3.63) is 65.4 Å². The molecule has 0 atom stereocenters. The first-order chi connectivity index (χ1) is 11.5. The van der Waals surface area contributed by atoms with Crippen LogP contribution in [0.2, 0.25) is 0 Å². The maximum atomic E-state index is 13.2. The lowest BCUT2D eigenvalue weighted by Gasteiger charge is -2.10. The molecule has 0 aliphatic carbocycles. The highest BCUT2D eigenvalue weighted by Gasteiger charge is 2.06. The van der Waals surface area contributed by atoms with Crippen molar-refractivity contribution in [1.82, 2.24) is 15.2 Å². The van der Waals surface area contributed by atoms with Crippen LogP contribution in [0.15, 0.2) is 42.6 Å². The number of aryl methyl sites for hydroxylation is 2. The predicted octanol–water partition coefficient (Wildman–Crippen LogP) is 4.25. The molecule has 0 aliphatic heterocycles. The first kappa shape index (κ1) is 15.8. The lowest BCUT2D eigenvalue weighted by Crippen LogP contribution is -2.03. The molecule has 0 saturated carbocycles. The van der Waals surface area contributed by atoms with E-state index in [2.05, 4.69) is 25.8 Å². The Morgan fingerprint density at radius 2 is 1.75 bits per heavy atom. The summed E-state index contributed by atoms with van der Waals surface area (Å²) in [6.07, 6.45) is 1.48. The third-order valence-electron chi connectivity index (χ3n) is 3.39. The van der Waals surface area contributed by atoms with Crippen molar-refractivity contribution in [2.24, 2.45) is 0 Å². The van der Waals surface area contributed by atoms with Gasteiger partial charge in [-0.3, -0.25) is 0 Å². The molecule has 7 heteroatoms. The normalized spacial score (nSPS) is 10.5. The standard InChI is InChI=1S/C17H15F2N5/c1-10-3-4-11(2)15(7-10)22-16-9-20-24-17(23-16)21-12-5-6-13(18)14(19)8-12/h3-9H,1-2H3,(H2,21,22,23,24). The molecule has 122 valence electrons. The topological polar surface area (TPSA) is 62.7 Å². The number of halogens is 2. The molecule has 0 amide bonds. The van der Waals surface area contributed by atoms with Gasteiger partial charge in [0.15, 0.2) is 17.5 Å². The zero-order valence-electron chi connectivity index (χ0n) is 13.1. The van der Waals surface area contributed by atoms with Crippen LogP contribution in [0.3, 0.4) is 0 Å². The highest BCUT2D eigenvalue weighted by molar-refractivity contribution is 5.62. The molecule has 3 rings (SSSR count). The number of nitrogens with zero attached hydrogens (tertiary/aromatic N) is 3. The lowest BCUT2D eigenvalue weighted by molar-refractivity contribution is 0.509. The van der Waals surface area contributed by atoms with E-state index in [0.29, 0.717) is 11.5 Å². The van der Waals surface area contributed by atoms with Crippen molar-refractivity contribution < 1.29 is 8.78 Å². The minimum atomic E-state index is -0.947. The molecule has 0 saturated heterocycles. The highest BCUT2D eigenvalue weighted by Crippen LogP contribution is 2.21. The summed E-state index contributed by atoms with van der Waals surface area (Å²) in [5.74, 6) is -1.19. The van der Waals surface area contributed by atoms with Gasteiger partial charge >= 0.3 is 0 Å². The van der Waals surface area contributed by atoms with Gasteiger partial charge in [-0.25, -0.2) is 8.78 Å². The number of hydrogen-bond acceptors (Lipinski definition) is 5. The van der Waals surface area contributed by atoms with Gasteiger partial charge in [0, 0.05) is 17.4 Å². The molecule has 0 unspecified atom stereocenters. The van der Waals surface area contributed by atoms with Gasteiger partial charge in [-0.15, -0.1) is 5.10 Å². The lowest BCUT2D eigenvalue weighted by atomic mass is 10.1. The summed E-state index contributed by atoms with van der Waals surface area (Å²) in [6.45, 7) is 3.98. The summed E-state index contributed by atoms with van der Waals surface area (Å²) in [6, 6.07) is 9.49. The van der Waals surface area contributed by atoms with Crippen LogP contribution in [-0.2, 0) is 0 Å². The SMILES string of the molecule is Cc1ccc(C)c(Nc2cnnc(Nc3ccc(F)c(F)c3)n2)c1. The molecular formula is C17H15F2N5. The maximum Gasteiger partial charge on any atom is 0.249 e. The van der Waals surface area contributed by atoms with E-state index < -0.39 is 11.6 Å². The summed E-state index contributed by atoms with van der Waals surface area (Å²) in [5, 5.41) is 13.7. The Labute approximate surface area is 137 Å². The summed E-state index contributed by atoms with van der Waals surface area (Å²) in [7, 11) is 0. The average Bonchev–Trinajstić information content (AvgIpc) is 2.55. The largest absolute Gasteiger partial charge is 0.339 e. The van der Waals surface area contributed by atoms with Crippen molar-refractivity contribution in [3.63, 3.8) is 0 Å². The van der Waals surface area contributed by atoms with Crippen molar-refractivity contribution in [2.75, 3.05) is 10.6 Å².